The molecule has 0 unspecified atom stereocenters. The molecule has 0 aromatic heterocycles. The van der Waals surface area contributed by atoms with Crippen LogP contribution in [0.1, 0.15) is 31.4 Å². The summed E-state index contributed by atoms with van der Waals surface area (Å²) in [7, 11) is -3.12. The van der Waals surface area contributed by atoms with Gasteiger partial charge in [-0.15, -0.1) is 5.01 Å². The number of hydrazone groups is 1. The SMILES string of the molecule is CC[C@@]1(C)NC(=O)N(/N=C\c2ccc(OS(=O)(=O)c3ccc(C)c([N+](=O)[O-])c3)c(OC)c2)C1=O. The van der Waals surface area contributed by atoms with Crippen LogP contribution in [0.15, 0.2) is 46.4 Å². The number of hydrogen-bond donors (Lipinski definition) is 1. The van der Waals surface area contributed by atoms with Crippen LogP contribution in [0.2, 0.25) is 0 Å². The zero-order chi connectivity index (χ0) is 25.3. The van der Waals surface area contributed by atoms with E-state index in [2.05, 4.69) is 10.4 Å². The van der Waals surface area contributed by atoms with Crippen LogP contribution in [0.4, 0.5) is 10.5 Å². The number of nitro benzene ring substituents is 1. The second kappa shape index (κ2) is 9.09. The van der Waals surface area contributed by atoms with Crippen molar-refractivity contribution in [3.05, 3.63) is 57.6 Å². The molecule has 3 rings (SSSR count). The number of nitro groups is 1. The highest BCUT2D eigenvalue weighted by Crippen LogP contribution is 2.32. The molecule has 1 aliphatic rings. The monoisotopic (exact) mass is 490 g/mol. The Morgan fingerprint density at radius 2 is 1.91 bits per heavy atom. The smallest absolute Gasteiger partial charge is 0.346 e. The number of carbonyl (C=O) groups is 2. The van der Waals surface area contributed by atoms with Gasteiger partial charge in [0.1, 0.15) is 10.4 Å². The van der Waals surface area contributed by atoms with Crippen molar-refractivity contribution >= 4 is 34.0 Å². The number of amides is 3. The Kier molecular flexibility index (Phi) is 6.59. The Morgan fingerprint density at radius 1 is 1.21 bits per heavy atom. The van der Waals surface area contributed by atoms with Gasteiger partial charge in [0.2, 0.25) is 0 Å². The summed E-state index contributed by atoms with van der Waals surface area (Å²) in [4.78, 5) is 34.5. The first-order valence-electron chi connectivity index (χ1n) is 10.00. The summed E-state index contributed by atoms with van der Waals surface area (Å²) < 4.78 is 35.7. The van der Waals surface area contributed by atoms with Crippen molar-refractivity contribution in [2.75, 3.05) is 7.11 Å². The van der Waals surface area contributed by atoms with Crippen LogP contribution in [0.5, 0.6) is 11.5 Å². The lowest BCUT2D eigenvalue weighted by molar-refractivity contribution is -0.385. The minimum absolute atomic E-state index is 0.0183. The van der Waals surface area contributed by atoms with Gasteiger partial charge in [-0.2, -0.15) is 13.5 Å². The molecule has 12 nitrogen and oxygen atoms in total. The fourth-order valence-corrected chi connectivity index (χ4v) is 4.04. The van der Waals surface area contributed by atoms with Gasteiger partial charge in [0.05, 0.1) is 18.2 Å². The molecule has 2 aromatic rings. The molecule has 1 atom stereocenters. The largest absolute Gasteiger partial charge is 0.493 e. The highest BCUT2D eigenvalue weighted by Gasteiger charge is 2.46. The molecule has 13 heteroatoms. The van der Waals surface area contributed by atoms with Gasteiger partial charge >= 0.3 is 16.1 Å². The van der Waals surface area contributed by atoms with E-state index >= 15 is 0 Å². The van der Waals surface area contributed by atoms with E-state index in [1.165, 1.54) is 50.6 Å². The predicted octanol–water partition coefficient (Wildman–Crippen LogP) is 2.73. The molecule has 1 saturated heterocycles. The molecule has 1 heterocycles. The number of ether oxygens (including phenoxy) is 1. The Morgan fingerprint density at radius 3 is 2.50 bits per heavy atom. The number of hydrogen-bond acceptors (Lipinski definition) is 9. The molecular formula is C21H22N4O8S. The highest BCUT2D eigenvalue weighted by molar-refractivity contribution is 7.87. The van der Waals surface area contributed by atoms with Gasteiger partial charge in [0, 0.05) is 11.6 Å². The number of rotatable bonds is 8. The summed E-state index contributed by atoms with van der Waals surface area (Å²) >= 11 is 0. The third-order valence-corrected chi connectivity index (χ3v) is 6.55. The van der Waals surface area contributed by atoms with E-state index in [-0.39, 0.29) is 17.2 Å². The minimum atomic E-state index is -4.41. The second-order valence-electron chi connectivity index (χ2n) is 7.63. The molecule has 0 saturated carbocycles. The van der Waals surface area contributed by atoms with Crippen molar-refractivity contribution in [1.82, 2.24) is 10.3 Å². The summed E-state index contributed by atoms with van der Waals surface area (Å²) in [6, 6.07) is 6.89. The molecule has 0 spiro atoms. The lowest BCUT2D eigenvalue weighted by Crippen LogP contribution is -2.42. The van der Waals surface area contributed by atoms with Crippen LogP contribution in [0, 0.1) is 17.0 Å². The van der Waals surface area contributed by atoms with Crippen LogP contribution < -0.4 is 14.2 Å². The Labute approximate surface area is 195 Å². The molecular weight excluding hydrogens is 468 g/mol. The normalized spacial score (nSPS) is 18.3. The van der Waals surface area contributed by atoms with E-state index in [1.807, 2.05) is 0 Å². The van der Waals surface area contributed by atoms with Crippen molar-refractivity contribution in [3.8, 4) is 11.5 Å². The van der Waals surface area contributed by atoms with Crippen molar-refractivity contribution in [2.45, 2.75) is 37.6 Å². The molecule has 1 fully saturated rings. The summed E-state index contributed by atoms with van der Waals surface area (Å²) in [5.41, 5.74) is -0.709. The predicted molar refractivity (Wildman–Crippen MR) is 120 cm³/mol. The lowest BCUT2D eigenvalue weighted by Gasteiger charge is -2.17. The molecule has 34 heavy (non-hydrogen) atoms. The van der Waals surface area contributed by atoms with E-state index < -0.39 is 37.4 Å². The fourth-order valence-electron chi connectivity index (χ4n) is 3.08. The van der Waals surface area contributed by atoms with Gasteiger partial charge in [-0.1, -0.05) is 13.0 Å². The number of urea groups is 1. The zero-order valence-electron chi connectivity index (χ0n) is 18.8. The zero-order valence-corrected chi connectivity index (χ0v) is 19.6. The van der Waals surface area contributed by atoms with Crippen LogP contribution in [-0.2, 0) is 14.9 Å². The highest BCUT2D eigenvalue weighted by atomic mass is 32.2. The molecule has 0 aliphatic carbocycles. The van der Waals surface area contributed by atoms with Crippen LogP contribution in [0.25, 0.3) is 0 Å². The maximum atomic E-state index is 12.7. The van der Waals surface area contributed by atoms with Crippen molar-refractivity contribution in [2.24, 2.45) is 5.10 Å². The summed E-state index contributed by atoms with van der Waals surface area (Å²) in [5, 5.41) is 18.4. The van der Waals surface area contributed by atoms with E-state index in [1.54, 1.807) is 13.8 Å². The van der Waals surface area contributed by atoms with E-state index in [0.717, 1.165) is 11.1 Å². The number of methoxy groups -OCH3 is 1. The van der Waals surface area contributed by atoms with Gasteiger partial charge in [-0.3, -0.25) is 14.9 Å². The topological polar surface area (TPSA) is 158 Å². The van der Waals surface area contributed by atoms with Gasteiger partial charge < -0.3 is 14.2 Å². The maximum absolute atomic E-state index is 12.7. The summed E-state index contributed by atoms with van der Waals surface area (Å²) in [6.07, 6.45) is 1.63. The summed E-state index contributed by atoms with van der Waals surface area (Å²) in [5.74, 6) is -0.650. The molecule has 1 aliphatic heterocycles. The van der Waals surface area contributed by atoms with Gasteiger partial charge in [0.25, 0.3) is 11.6 Å². The number of nitrogens with zero attached hydrogens (tertiary/aromatic N) is 3. The molecule has 1 N–H and O–H groups in total. The number of aryl methyl sites for hydroxylation is 1. The standard InChI is InChI=1S/C21H22N4O8S/c1-5-21(3)19(26)24(20(27)23-21)22-12-14-7-9-17(18(10-14)32-4)33-34(30,31)15-8-6-13(2)16(11-15)25(28)29/h6-12H,5H2,1-4H3,(H,23,27)/b22-12-/t21-/m1/s1. The van der Waals surface area contributed by atoms with E-state index in [0.29, 0.717) is 17.5 Å². The third kappa shape index (κ3) is 4.69. The number of benzene rings is 2. The lowest BCUT2D eigenvalue weighted by atomic mass is 10.00. The first-order chi connectivity index (χ1) is 15.9. The van der Waals surface area contributed by atoms with Crippen LogP contribution in [0.3, 0.4) is 0 Å². The Balaban J connectivity index is 1.85. The Bertz CT molecular complexity index is 1310. The van der Waals surface area contributed by atoms with Crippen molar-refractivity contribution in [1.29, 1.82) is 0 Å². The second-order valence-corrected chi connectivity index (χ2v) is 9.18. The molecule has 3 amide bonds. The average Bonchev–Trinajstić information content (AvgIpc) is 3.01. The van der Waals surface area contributed by atoms with Gasteiger partial charge in [0.15, 0.2) is 11.5 Å². The Hall–Kier alpha value is -4.00. The quantitative estimate of drug-likeness (QED) is 0.194. The first-order valence-corrected chi connectivity index (χ1v) is 11.4. The molecule has 2 aromatic carbocycles. The minimum Gasteiger partial charge on any atom is -0.493 e. The maximum Gasteiger partial charge on any atom is 0.346 e. The van der Waals surface area contributed by atoms with Gasteiger partial charge in [-0.05, 0) is 50.1 Å². The first kappa shape index (κ1) is 24.6. The number of carbonyl (C=O) groups excluding carboxylic acids is 2. The van der Waals surface area contributed by atoms with E-state index in [9.17, 15) is 28.1 Å². The third-order valence-electron chi connectivity index (χ3n) is 5.32. The fraction of sp³-hybridized carbons (Fsp3) is 0.286. The van der Waals surface area contributed by atoms with Crippen LogP contribution in [-0.4, -0.2) is 49.2 Å². The van der Waals surface area contributed by atoms with E-state index in [4.69, 9.17) is 8.92 Å². The summed E-state index contributed by atoms with van der Waals surface area (Å²) in [6.45, 7) is 4.85. The molecule has 0 radical (unpaired) electrons. The number of nitrogens with one attached hydrogen (secondary N) is 1. The van der Waals surface area contributed by atoms with Crippen molar-refractivity contribution < 1.29 is 31.9 Å². The molecule has 0 bridgehead atoms. The number of imide groups is 1. The van der Waals surface area contributed by atoms with Gasteiger partial charge in [-0.25, -0.2) is 4.79 Å². The molecule has 180 valence electrons. The van der Waals surface area contributed by atoms with Crippen LogP contribution >= 0.6 is 0 Å². The average molecular weight is 490 g/mol. The van der Waals surface area contributed by atoms with Crippen molar-refractivity contribution in [3.63, 3.8) is 0 Å².